The Morgan fingerprint density at radius 3 is 2.33 bits per heavy atom. The molecule has 0 heterocycles. The van der Waals surface area contributed by atoms with Gasteiger partial charge in [0.05, 0.1) is 0 Å². The molecule has 0 aromatic heterocycles. The van der Waals surface area contributed by atoms with Crippen molar-refractivity contribution in [1.82, 2.24) is 0 Å². The highest BCUT2D eigenvalue weighted by Crippen LogP contribution is 2.59. The molecule has 4 saturated carbocycles. The predicted molar refractivity (Wildman–Crippen MR) is 160 cm³/mol. The molecule has 4 aliphatic carbocycles. The average molecular weight is 509 g/mol. The lowest BCUT2D eigenvalue weighted by Gasteiger charge is -2.44. The van der Waals surface area contributed by atoms with Gasteiger partial charge in [0.15, 0.2) is 8.32 Å². The van der Waals surface area contributed by atoms with E-state index >= 15 is 0 Å². The van der Waals surface area contributed by atoms with E-state index in [0.717, 1.165) is 42.9 Å². The van der Waals surface area contributed by atoms with Crippen molar-refractivity contribution >= 4 is 8.32 Å². The van der Waals surface area contributed by atoms with Crippen molar-refractivity contribution in [2.24, 2.45) is 35.0 Å². The maximum absolute atomic E-state index is 6.83. The van der Waals surface area contributed by atoms with E-state index in [4.69, 9.17) is 4.43 Å². The zero-order chi connectivity index (χ0) is 26.3. The molecular weight excluding hydrogens is 452 g/mol. The van der Waals surface area contributed by atoms with Crippen LogP contribution in [0.1, 0.15) is 106 Å². The third-order valence-electron chi connectivity index (χ3n) is 11.2. The Balaban J connectivity index is 1.45. The Bertz CT molecular complexity index is 895. The van der Waals surface area contributed by atoms with Gasteiger partial charge >= 0.3 is 0 Å². The number of hydrogen-bond donors (Lipinski definition) is 0. The summed E-state index contributed by atoms with van der Waals surface area (Å²) < 4.78 is 6.83. The zero-order valence-corrected chi connectivity index (χ0v) is 26.0. The maximum Gasteiger partial charge on any atom is 0.192 e. The highest BCUT2D eigenvalue weighted by atomic mass is 28.4. The molecule has 0 amide bonds. The Labute approximate surface area is 225 Å². The van der Waals surface area contributed by atoms with Gasteiger partial charge in [-0.25, -0.2) is 0 Å². The minimum atomic E-state index is -1.74. The summed E-state index contributed by atoms with van der Waals surface area (Å²) in [6.45, 7) is 23.8. The molecule has 6 atom stereocenters. The molecule has 2 heteroatoms. The first kappa shape index (κ1) is 28.2. The lowest BCUT2D eigenvalue weighted by Crippen LogP contribution is -2.44. The summed E-state index contributed by atoms with van der Waals surface area (Å²) in [5.74, 6) is 4.04. The van der Waals surface area contributed by atoms with Crippen LogP contribution in [-0.2, 0) is 4.43 Å². The minimum Gasteiger partial charge on any atom is -0.414 e. The van der Waals surface area contributed by atoms with Crippen molar-refractivity contribution in [3.05, 3.63) is 47.6 Å². The van der Waals surface area contributed by atoms with Crippen molar-refractivity contribution in [2.75, 3.05) is 0 Å². The summed E-state index contributed by atoms with van der Waals surface area (Å²) in [5, 5.41) is 0.265. The van der Waals surface area contributed by atoms with Crippen LogP contribution in [0.5, 0.6) is 0 Å². The second-order valence-electron chi connectivity index (χ2n) is 14.8. The number of fused-ring (bicyclic) bond motifs is 1. The van der Waals surface area contributed by atoms with Crippen molar-refractivity contribution in [1.29, 1.82) is 0 Å². The predicted octanol–water partition coefficient (Wildman–Crippen LogP) is 10.4. The van der Waals surface area contributed by atoms with Crippen LogP contribution >= 0.6 is 0 Å². The smallest absolute Gasteiger partial charge is 0.192 e. The third kappa shape index (κ3) is 6.06. The van der Waals surface area contributed by atoms with Gasteiger partial charge in [-0.1, -0.05) is 83.6 Å². The first-order valence-electron chi connectivity index (χ1n) is 15.3. The summed E-state index contributed by atoms with van der Waals surface area (Å²) in [7, 11) is -1.74. The molecule has 0 radical (unpaired) electrons. The maximum atomic E-state index is 6.83. The molecule has 4 aliphatic rings. The van der Waals surface area contributed by atoms with Crippen molar-refractivity contribution in [3.63, 3.8) is 0 Å². The molecule has 1 nitrogen and oxygen atoms in total. The molecule has 0 aromatic rings. The molecule has 0 unspecified atom stereocenters. The van der Waals surface area contributed by atoms with E-state index < -0.39 is 8.32 Å². The van der Waals surface area contributed by atoms with Gasteiger partial charge in [0.1, 0.15) is 0 Å². The summed E-state index contributed by atoms with van der Waals surface area (Å²) in [4.78, 5) is 0. The van der Waals surface area contributed by atoms with Crippen molar-refractivity contribution < 1.29 is 4.43 Å². The second kappa shape index (κ2) is 10.7. The SMILES string of the molecule is C=C1CC[C@H](O[Si](C)(C)C(C)(C)C)C/C1=C/C=C1\CCC[C@]2(C)[C@@H]([C@@H](C)/C=C/[C@@H](C)C3CC3)CC[C@@H]12. The Morgan fingerprint density at radius 1 is 0.972 bits per heavy atom. The molecule has 4 rings (SSSR count). The Morgan fingerprint density at radius 2 is 1.67 bits per heavy atom. The molecule has 0 aliphatic heterocycles. The van der Waals surface area contributed by atoms with Gasteiger partial charge in [0.2, 0.25) is 0 Å². The van der Waals surface area contributed by atoms with Crippen LogP contribution in [0.2, 0.25) is 18.1 Å². The molecule has 202 valence electrons. The lowest BCUT2D eigenvalue weighted by atomic mass is 9.61. The summed E-state index contributed by atoms with van der Waals surface area (Å²) in [6.07, 6.45) is 23.5. The summed E-state index contributed by atoms with van der Waals surface area (Å²) in [5.41, 5.74) is 4.98. The van der Waals surface area contributed by atoms with Crippen molar-refractivity contribution in [3.8, 4) is 0 Å². The Kier molecular flexibility index (Phi) is 8.38. The van der Waals surface area contributed by atoms with E-state index in [1.54, 1.807) is 5.57 Å². The van der Waals surface area contributed by atoms with E-state index in [9.17, 15) is 0 Å². The van der Waals surface area contributed by atoms with E-state index in [2.05, 4.69) is 85.5 Å². The van der Waals surface area contributed by atoms with Crippen molar-refractivity contribution in [2.45, 2.75) is 130 Å². The van der Waals surface area contributed by atoms with Gasteiger partial charge in [-0.05, 0) is 123 Å². The van der Waals surface area contributed by atoms with Crippen LogP contribution < -0.4 is 0 Å². The van der Waals surface area contributed by atoms with E-state index in [1.807, 2.05) is 0 Å². The highest BCUT2D eigenvalue weighted by molar-refractivity contribution is 6.74. The topological polar surface area (TPSA) is 9.23 Å². The fourth-order valence-corrected chi connectivity index (χ4v) is 8.87. The summed E-state index contributed by atoms with van der Waals surface area (Å²) >= 11 is 0. The molecule has 4 fully saturated rings. The van der Waals surface area contributed by atoms with Gasteiger partial charge in [0.25, 0.3) is 0 Å². The largest absolute Gasteiger partial charge is 0.414 e. The standard InChI is InChI=1S/C34H56OSi/c1-24(27-15-16-27)12-13-26(3)31-20-21-32-28(11-10-22-34(31,32)7)17-18-29-23-30(19-14-25(29)2)35-36(8,9)33(4,5)6/h12-13,17-18,24,26-27,30-32H,2,10-11,14-16,19-23H2,1,3-9H3/b13-12+,28-17+,29-18-/t24-,26+,30+,31-,32+,34-/m1/s1. The normalized spacial score (nSPS) is 36.0. The van der Waals surface area contributed by atoms with Gasteiger partial charge in [-0.15, -0.1) is 0 Å². The minimum absolute atomic E-state index is 0.265. The fourth-order valence-electron chi connectivity index (χ4n) is 7.48. The Hall–Kier alpha value is -0.863. The van der Waals surface area contributed by atoms with E-state index in [1.165, 1.54) is 56.1 Å². The van der Waals surface area contributed by atoms with Crippen LogP contribution in [0, 0.1) is 35.0 Å². The third-order valence-corrected chi connectivity index (χ3v) is 15.7. The van der Waals surface area contributed by atoms with Gasteiger partial charge in [-0.3, -0.25) is 0 Å². The summed E-state index contributed by atoms with van der Waals surface area (Å²) in [6, 6.07) is 0. The van der Waals surface area contributed by atoms with Crippen LogP contribution in [0.3, 0.4) is 0 Å². The van der Waals surface area contributed by atoms with Crippen LogP contribution in [0.15, 0.2) is 47.6 Å². The monoisotopic (exact) mass is 508 g/mol. The van der Waals surface area contributed by atoms with E-state index in [0.29, 0.717) is 17.4 Å². The van der Waals surface area contributed by atoms with Crippen LogP contribution in [0.25, 0.3) is 0 Å². The molecule has 0 saturated heterocycles. The molecular formula is C34H56OSi. The molecule has 0 aromatic carbocycles. The average Bonchev–Trinajstić information content (AvgIpc) is 3.58. The van der Waals surface area contributed by atoms with Gasteiger partial charge in [0, 0.05) is 6.10 Å². The first-order chi connectivity index (χ1) is 16.8. The number of rotatable bonds is 7. The number of hydrogen-bond acceptors (Lipinski definition) is 1. The molecule has 0 bridgehead atoms. The van der Waals surface area contributed by atoms with Crippen LogP contribution in [0.4, 0.5) is 0 Å². The van der Waals surface area contributed by atoms with Gasteiger partial charge < -0.3 is 4.43 Å². The second-order valence-corrected chi connectivity index (χ2v) is 19.6. The number of allylic oxidation sites excluding steroid dienone is 6. The lowest BCUT2D eigenvalue weighted by molar-refractivity contribution is 0.112. The highest BCUT2D eigenvalue weighted by Gasteiger charge is 2.50. The van der Waals surface area contributed by atoms with Gasteiger partial charge in [-0.2, -0.15) is 0 Å². The first-order valence-corrected chi connectivity index (χ1v) is 18.2. The zero-order valence-electron chi connectivity index (χ0n) is 25.0. The quantitative estimate of drug-likeness (QED) is 0.245. The van der Waals surface area contributed by atoms with E-state index in [-0.39, 0.29) is 5.04 Å². The molecule has 0 spiro atoms. The molecule has 36 heavy (non-hydrogen) atoms. The molecule has 0 N–H and O–H groups in total. The fraction of sp³-hybridized carbons (Fsp3) is 0.765. The van der Waals surface area contributed by atoms with Crippen LogP contribution in [-0.4, -0.2) is 14.4 Å².